The average molecular weight is 200 g/mol. The Morgan fingerprint density at radius 2 is 1.93 bits per heavy atom. The second-order valence-corrected chi connectivity index (χ2v) is 4.41. The maximum atomic E-state index is 8.99. The Labute approximate surface area is 87.7 Å². The van der Waals surface area contributed by atoms with E-state index in [-0.39, 0.29) is 6.61 Å². The Kier molecular flexibility index (Phi) is 5.45. The molecule has 1 saturated heterocycles. The van der Waals surface area contributed by atoms with Gasteiger partial charge in [-0.1, -0.05) is 6.42 Å². The summed E-state index contributed by atoms with van der Waals surface area (Å²) < 4.78 is 0. The lowest BCUT2D eigenvalue weighted by molar-refractivity contribution is 0.134. The van der Waals surface area contributed by atoms with Crippen molar-refractivity contribution in [3.8, 4) is 0 Å². The van der Waals surface area contributed by atoms with Gasteiger partial charge in [-0.15, -0.1) is 0 Å². The molecule has 1 aliphatic heterocycles. The first-order chi connectivity index (χ1) is 6.74. The average Bonchev–Trinajstić information content (AvgIpc) is 2.26. The number of aliphatic hydroxyl groups excluding tert-OH is 1. The number of likely N-dealkylation sites (N-methyl/N-ethyl adjacent to an activating group) is 1. The number of nitrogens with zero attached hydrogens (tertiary/aromatic N) is 2. The molecule has 1 N–H and O–H groups in total. The highest BCUT2D eigenvalue weighted by Gasteiger charge is 2.12. The number of hydrogen-bond donors (Lipinski definition) is 1. The van der Waals surface area contributed by atoms with E-state index in [9.17, 15) is 0 Å². The van der Waals surface area contributed by atoms with Gasteiger partial charge in [-0.25, -0.2) is 0 Å². The van der Waals surface area contributed by atoms with Gasteiger partial charge in [0.05, 0.1) is 6.61 Å². The number of hydrogen-bond acceptors (Lipinski definition) is 3. The summed E-state index contributed by atoms with van der Waals surface area (Å²) in [7, 11) is 2.09. The van der Waals surface area contributed by atoms with E-state index in [1.807, 2.05) is 0 Å². The van der Waals surface area contributed by atoms with Crippen molar-refractivity contribution in [2.45, 2.75) is 32.2 Å². The van der Waals surface area contributed by atoms with Gasteiger partial charge in [0, 0.05) is 19.1 Å². The van der Waals surface area contributed by atoms with Gasteiger partial charge in [0.25, 0.3) is 0 Å². The van der Waals surface area contributed by atoms with Crippen LogP contribution in [0.3, 0.4) is 0 Å². The summed E-state index contributed by atoms with van der Waals surface area (Å²) in [6.07, 6.45) is 4.12. The van der Waals surface area contributed by atoms with E-state index in [0.29, 0.717) is 6.04 Å². The Hall–Kier alpha value is -0.120. The summed E-state index contributed by atoms with van der Waals surface area (Å²) in [4.78, 5) is 4.76. The maximum Gasteiger partial charge on any atom is 0.0584 e. The van der Waals surface area contributed by atoms with Crippen LogP contribution in [-0.4, -0.2) is 60.8 Å². The van der Waals surface area contributed by atoms with Crippen LogP contribution in [0.2, 0.25) is 0 Å². The van der Waals surface area contributed by atoms with E-state index in [1.165, 1.54) is 32.4 Å². The maximum absolute atomic E-state index is 8.99. The molecule has 1 unspecified atom stereocenters. The van der Waals surface area contributed by atoms with Crippen molar-refractivity contribution in [2.24, 2.45) is 0 Å². The van der Waals surface area contributed by atoms with Gasteiger partial charge in [-0.2, -0.15) is 0 Å². The molecular formula is C11H24N2O. The molecule has 14 heavy (non-hydrogen) atoms. The smallest absolute Gasteiger partial charge is 0.0584 e. The summed E-state index contributed by atoms with van der Waals surface area (Å²) in [5.74, 6) is 0. The number of piperidine rings is 1. The third-order valence-corrected chi connectivity index (χ3v) is 3.23. The van der Waals surface area contributed by atoms with E-state index < -0.39 is 0 Å². The fraction of sp³-hybridized carbons (Fsp3) is 1.00. The SMILES string of the molecule is CC(CO)N(C)CCN1CCCCC1. The molecule has 1 aliphatic rings. The lowest BCUT2D eigenvalue weighted by atomic mass is 10.1. The number of likely N-dealkylation sites (tertiary alicyclic amines) is 1. The minimum Gasteiger partial charge on any atom is -0.395 e. The molecule has 0 aromatic heterocycles. The van der Waals surface area contributed by atoms with Gasteiger partial charge in [-0.3, -0.25) is 0 Å². The molecule has 1 rings (SSSR count). The van der Waals surface area contributed by atoms with Gasteiger partial charge in [0.2, 0.25) is 0 Å². The van der Waals surface area contributed by atoms with Crippen LogP contribution in [0.25, 0.3) is 0 Å². The molecule has 0 aliphatic carbocycles. The summed E-state index contributed by atoms with van der Waals surface area (Å²) in [5.41, 5.74) is 0. The molecule has 3 heteroatoms. The largest absolute Gasteiger partial charge is 0.395 e. The monoisotopic (exact) mass is 200 g/mol. The van der Waals surface area contributed by atoms with E-state index >= 15 is 0 Å². The quantitative estimate of drug-likeness (QED) is 0.710. The van der Waals surface area contributed by atoms with Crippen LogP contribution in [0.4, 0.5) is 0 Å². The highest BCUT2D eigenvalue weighted by Crippen LogP contribution is 2.08. The Morgan fingerprint density at radius 3 is 2.50 bits per heavy atom. The first-order valence-corrected chi connectivity index (χ1v) is 5.77. The molecular weight excluding hydrogens is 176 g/mol. The second-order valence-electron chi connectivity index (χ2n) is 4.41. The van der Waals surface area contributed by atoms with Crippen LogP contribution in [-0.2, 0) is 0 Å². The lowest BCUT2D eigenvalue weighted by Gasteiger charge is -2.30. The van der Waals surface area contributed by atoms with Crippen LogP contribution in [0, 0.1) is 0 Å². The topological polar surface area (TPSA) is 26.7 Å². The van der Waals surface area contributed by atoms with Crippen LogP contribution in [0.5, 0.6) is 0 Å². The lowest BCUT2D eigenvalue weighted by Crippen LogP contribution is -2.40. The predicted octanol–water partition coefficient (Wildman–Crippen LogP) is 0.785. The van der Waals surface area contributed by atoms with Crippen molar-refractivity contribution in [3.05, 3.63) is 0 Å². The van der Waals surface area contributed by atoms with E-state index in [2.05, 4.69) is 23.8 Å². The van der Waals surface area contributed by atoms with Crippen molar-refractivity contribution in [1.29, 1.82) is 0 Å². The second kappa shape index (κ2) is 6.38. The molecule has 0 spiro atoms. The summed E-state index contributed by atoms with van der Waals surface area (Å²) in [6, 6.07) is 0.291. The van der Waals surface area contributed by atoms with Crippen LogP contribution < -0.4 is 0 Å². The normalized spacial score (nSPS) is 21.4. The standard InChI is InChI=1S/C11H24N2O/c1-11(10-14)12(2)8-9-13-6-4-3-5-7-13/h11,14H,3-10H2,1-2H3. The fourth-order valence-corrected chi connectivity index (χ4v) is 1.84. The van der Waals surface area contributed by atoms with Crippen molar-refractivity contribution in [1.82, 2.24) is 9.80 Å². The zero-order chi connectivity index (χ0) is 10.4. The Balaban J connectivity index is 2.12. The van der Waals surface area contributed by atoms with Crippen LogP contribution >= 0.6 is 0 Å². The van der Waals surface area contributed by atoms with Crippen molar-refractivity contribution < 1.29 is 5.11 Å². The molecule has 0 saturated carbocycles. The van der Waals surface area contributed by atoms with Gasteiger partial charge in [0.1, 0.15) is 0 Å². The molecule has 1 heterocycles. The first kappa shape index (κ1) is 12.0. The van der Waals surface area contributed by atoms with Crippen molar-refractivity contribution in [3.63, 3.8) is 0 Å². The third-order valence-electron chi connectivity index (χ3n) is 3.23. The summed E-state index contributed by atoms with van der Waals surface area (Å²) in [5, 5.41) is 8.99. The number of aliphatic hydroxyl groups is 1. The number of rotatable bonds is 5. The minimum absolute atomic E-state index is 0.260. The highest BCUT2D eigenvalue weighted by atomic mass is 16.3. The Bertz CT molecular complexity index is 144. The molecule has 3 nitrogen and oxygen atoms in total. The van der Waals surface area contributed by atoms with Crippen LogP contribution in [0.15, 0.2) is 0 Å². The molecule has 0 aromatic rings. The molecule has 1 atom stereocenters. The fourth-order valence-electron chi connectivity index (χ4n) is 1.84. The third kappa shape index (κ3) is 3.95. The minimum atomic E-state index is 0.260. The van der Waals surface area contributed by atoms with E-state index in [4.69, 9.17) is 5.11 Å². The van der Waals surface area contributed by atoms with Crippen molar-refractivity contribution >= 4 is 0 Å². The molecule has 0 bridgehead atoms. The molecule has 0 aromatic carbocycles. The predicted molar refractivity (Wildman–Crippen MR) is 59.5 cm³/mol. The molecule has 84 valence electrons. The first-order valence-electron chi connectivity index (χ1n) is 5.77. The molecule has 0 radical (unpaired) electrons. The Morgan fingerprint density at radius 1 is 1.29 bits per heavy atom. The van der Waals surface area contributed by atoms with Crippen molar-refractivity contribution in [2.75, 3.05) is 39.8 Å². The zero-order valence-electron chi connectivity index (χ0n) is 9.58. The molecule has 1 fully saturated rings. The van der Waals surface area contributed by atoms with Gasteiger partial charge < -0.3 is 14.9 Å². The van der Waals surface area contributed by atoms with Crippen LogP contribution in [0.1, 0.15) is 26.2 Å². The van der Waals surface area contributed by atoms with E-state index in [1.54, 1.807) is 0 Å². The highest BCUT2D eigenvalue weighted by molar-refractivity contribution is 4.68. The van der Waals surface area contributed by atoms with Gasteiger partial charge in [0.15, 0.2) is 0 Å². The zero-order valence-corrected chi connectivity index (χ0v) is 9.58. The molecule has 0 amide bonds. The summed E-state index contributed by atoms with van der Waals surface area (Å²) >= 11 is 0. The van der Waals surface area contributed by atoms with Gasteiger partial charge in [-0.05, 0) is 39.9 Å². The van der Waals surface area contributed by atoms with Gasteiger partial charge >= 0.3 is 0 Å². The van der Waals surface area contributed by atoms with E-state index in [0.717, 1.165) is 13.1 Å². The summed E-state index contributed by atoms with van der Waals surface area (Å²) in [6.45, 7) is 7.08.